The fourth-order valence-electron chi connectivity index (χ4n) is 2.49. The molecular weight excluding hydrogens is 332 g/mol. The summed E-state index contributed by atoms with van der Waals surface area (Å²) in [6.07, 6.45) is 0.771. The van der Waals surface area contributed by atoms with Crippen molar-refractivity contribution < 1.29 is 9.59 Å². The van der Waals surface area contributed by atoms with Crippen LogP contribution in [0.1, 0.15) is 15.2 Å². The lowest BCUT2D eigenvalue weighted by molar-refractivity contribution is -0.128. The second-order valence-corrected chi connectivity index (χ2v) is 6.94. The minimum Gasteiger partial charge on any atom is -0.355 e. The lowest BCUT2D eigenvalue weighted by atomic mass is 9.98. The maximum Gasteiger partial charge on any atom is 0.263 e. The molecule has 2 heterocycles. The zero-order valence-corrected chi connectivity index (χ0v) is 14.1. The molecule has 1 aromatic heterocycles. The molecule has 0 aliphatic carbocycles. The molecule has 0 spiro atoms. The Labute approximate surface area is 144 Å². The summed E-state index contributed by atoms with van der Waals surface area (Å²) in [4.78, 5) is 26.6. The molecule has 0 saturated carbocycles. The molecule has 120 valence electrons. The normalized spacial score (nSPS) is 14.4. The summed E-state index contributed by atoms with van der Waals surface area (Å²) in [6, 6.07) is 11.3. The van der Waals surface area contributed by atoms with Gasteiger partial charge in [-0.15, -0.1) is 11.3 Å². The topological polar surface area (TPSA) is 49.4 Å². The second kappa shape index (κ2) is 7.15. The minimum absolute atomic E-state index is 0.0187. The highest BCUT2D eigenvalue weighted by Crippen LogP contribution is 2.21. The van der Waals surface area contributed by atoms with E-state index in [-0.39, 0.29) is 17.7 Å². The predicted molar refractivity (Wildman–Crippen MR) is 91.9 cm³/mol. The highest BCUT2D eigenvalue weighted by atomic mass is 35.5. The molecule has 6 heteroatoms. The molecule has 4 nitrogen and oxygen atoms in total. The number of carbonyl (C=O) groups excluding carboxylic acids is 2. The molecule has 0 unspecified atom stereocenters. The number of thiophene rings is 1. The number of benzene rings is 1. The molecular formula is C17H17ClN2O2S. The van der Waals surface area contributed by atoms with Gasteiger partial charge in [0.2, 0.25) is 5.91 Å². The van der Waals surface area contributed by atoms with Crippen LogP contribution in [-0.2, 0) is 11.2 Å². The van der Waals surface area contributed by atoms with Gasteiger partial charge in [0.05, 0.1) is 10.8 Å². The van der Waals surface area contributed by atoms with E-state index in [0.29, 0.717) is 24.7 Å². The number of nitrogens with zero attached hydrogens (tertiary/aromatic N) is 1. The number of nitrogens with one attached hydrogen (secondary N) is 1. The molecule has 1 saturated heterocycles. The number of halogens is 1. The van der Waals surface area contributed by atoms with Gasteiger partial charge >= 0.3 is 0 Å². The van der Waals surface area contributed by atoms with Crippen LogP contribution in [0.5, 0.6) is 0 Å². The van der Waals surface area contributed by atoms with Crippen molar-refractivity contribution in [2.24, 2.45) is 5.92 Å². The summed E-state index contributed by atoms with van der Waals surface area (Å²) in [5, 5.41) is 5.53. The lowest BCUT2D eigenvalue weighted by Crippen LogP contribution is -2.55. The van der Waals surface area contributed by atoms with Crippen LogP contribution in [0, 0.1) is 5.92 Å². The summed E-state index contributed by atoms with van der Waals surface area (Å²) < 4.78 is 0. The summed E-state index contributed by atoms with van der Waals surface area (Å²) >= 11 is 7.27. The van der Waals surface area contributed by atoms with E-state index in [0.717, 1.165) is 16.9 Å². The Balaban J connectivity index is 1.39. The average Bonchev–Trinajstić information content (AvgIpc) is 3.02. The Kier molecular flexibility index (Phi) is 4.98. The van der Waals surface area contributed by atoms with Crippen molar-refractivity contribution in [3.63, 3.8) is 0 Å². The highest BCUT2D eigenvalue weighted by Gasteiger charge is 2.36. The minimum atomic E-state index is -0.0934. The van der Waals surface area contributed by atoms with E-state index in [1.54, 1.807) is 4.90 Å². The van der Waals surface area contributed by atoms with E-state index in [9.17, 15) is 9.59 Å². The monoisotopic (exact) mass is 348 g/mol. The molecule has 1 aromatic carbocycles. The van der Waals surface area contributed by atoms with Gasteiger partial charge in [-0.3, -0.25) is 9.59 Å². The fourth-order valence-corrected chi connectivity index (χ4v) is 3.31. The lowest BCUT2D eigenvalue weighted by Gasteiger charge is -2.37. The van der Waals surface area contributed by atoms with Crippen molar-refractivity contribution in [2.75, 3.05) is 19.6 Å². The first-order valence-electron chi connectivity index (χ1n) is 7.48. The number of carbonyl (C=O) groups is 2. The van der Waals surface area contributed by atoms with E-state index < -0.39 is 0 Å². The van der Waals surface area contributed by atoms with Crippen molar-refractivity contribution in [1.82, 2.24) is 10.2 Å². The van der Waals surface area contributed by atoms with Crippen LogP contribution in [-0.4, -0.2) is 36.3 Å². The highest BCUT2D eigenvalue weighted by molar-refractivity contribution is 7.12. The van der Waals surface area contributed by atoms with Gasteiger partial charge in [0.25, 0.3) is 5.91 Å². The van der Waals surface area contributed by atoms with Gasteiger partial charge in [-0.1, -0.05) is 29.8 Å². The summed E-state index contributed by atoms with van der Waals surface area (Å²) in [7, 11) is 0. The molecule has 2 amide bonds. The molecule has 1 aliphatic heterocycles. The van der Waals surface area contributed by atoms with Crippen LogP contribution in [0.25, 0.3) is 0 Å². The average molecular weight is 349 g/mol. The van der Waals surface area contributed by atoms with E-state index in [1.807, 2.05) is 41.8 Å². The van der Waals surface area contributed by atoms with Crippen LogP contribution in [0.2, 0.25) is 5.02 Å². The standard InChI is InChI=1S/C17H17ClN2O2S/c18-14-5-3-12(4-6-14)7-8-19-16(21)13-10-20(11-13)17(22)15-2-1-9-23-15/h1-6,9,13H,7-8,10-11H2,(H,19,21). The third-order valence-corrected chi connectivity index (χ3v) is 5.01. The number of amides is 2. The van der Waals surface area contributed by atoms with Crippen LogP contribution >= 0.6 is 22.9 Å². The molecule has 23 heavy (non-hydrogen) atoms. The number of rotatable bonds is 5. The first-order valence-corrected chi connectivity index (χ1v) is 8.74. The molecule has 1 fully saturated rings. The van der Waals surface area contributed by atoms with Crippen molar-refractivity contribution in [3.8, 4) is 0 Å². The first kappa shape index (κ1) is 16.0. The third-order valence-electron chi connectivity index (χ3n) is 3.90. The van der Waals surface area contributed by atoms with Gasteiger partial charge in [0.15, 0.2) is 0 Å². The van der Waals surface area contributed by atoms with Crippen molar-refractivity contribution in [1.29, 1.82) is 0 Å². The van der Waals surface area contributed by atoms with Crippen LogP contribution in [0.15, 0.2) is 41.8 Å². The van der Waals surface area contributed by atoms with Crippen molar-refractivity contribution in [3.05, 3.63) is 57.2 Å². The molecule has 1 N–H and O–H groups in total. The first-order chi connectivity index (χ1) is 11.1. The Hall–Kier alpha value is -1.85. The fraction of sp³-hybridized carbons (Fsp3) is 0.294. The van der Waals surface area contributed by atoms with Gasteiger partial charge in [0.1, 0.15) is 0 Å². The van der Waals surface area contributed by atoms with Gasteiger partial charge < -0.3 is 10.2 Å². The number of hydrogen-bond donors (Lipinski definition) is 1. The Morgan fingerprint density at radius 2 is 1.96 bits per heavy atom. The van der Waals surface area contributed by atoms with Crippen LogP contribution in [0.3, 0.4) is 0 Å². The maximum atomic E-state index is 12.1. The van der Waals surface area contributed by atoms with Gasteiger partial charge in [-0.05, 0) is 35.6 Å². The smallest absolute Gasteiger partial charge is 0.263 e. The van der Waals surface area contributed by atoms with Gasteiger partial charge in [0, 0.05) is 24.7 Å². The SMILES string of the molecule is O=C(NCCc1ccc(Cl)cc1)C1CN(C(=O)c2cccs2)C1. The van der Waals surface area contributed by atoms with E-state index in [1.165, 1.54) is 11.3 Å². The number of hydrogen-bond acceptors (Lipinski definition) is 3. The zero-order chi connectivity index (χ0) is 16.2. The molecule has 0 bridgehead atoms. The summed E-state index contributed by atoms with van der Waals surface area (Å²) in [5.41, 5.74) is 1.14. The van der Waals surface area contributed by atoms with E-state index >= 15 is 0 Å². The second-order valence-electron chi connectivity index (χ2n) is 5.55. The Bertz CT molecular complexity index is 679. The maximum absolute atomic E-state index is 12.1. The van der Waals surface area contributed by atoms with Gasteiger partial charge in [-0.25, -0.2) is 0 Å². The molecule has 1 aliphatic rings. The van der Waals surface area contributed by atoms with Crippen molar-refractivity contribution in [2.45, 2.75) is 6.42 Å². The molecule has 0 radical (unpaired) electrons. The van der Waals surface area contributed by atoms with E-state index in [2.05, 4.69) is 5.32 Å². The van der Waals surface area contributed by atoms with E-state index in [4.69, 9.17) is 11.6 Å². The number of likely N-dealkylation sites (tertiary alicyclic amines) is 1. The van der Waals surface area contributed by atoms with Gasteiger partial charge in [-0.2, -0.15) is 0 Å². The quantitative estimate of drug-likeness (QED) is 0.903. The summed E-state index contributed by atoms with van der Waals surface area (Å²) in [5.74, 6) is -0.0523. The van der Waals surface area contributed by atoms with Crippen LogP contribution < -0.4 is 5.32 Å². The predicted octanol–water partition coefficient (Wildman–Crippen LogP) is 2.83. The summed E-state index contributed by atoms with van der Waals surface area (Å²) in [6.45, 7) is 1.60. The Morgan fingerprint density at radius 1 is 1.22 bits per heavy atom. The third kappa shape index (κ3) is 3.92. The van der Waals surface area contributed by atoms with Crippen molar-refractivity contribution >= 4 is 34.8 Å². The Morgan fingerprint density at radius 3 is 2.61 bits per heavy atom. The zero-order valence-electron chi connectivity index (χ0n) is 12.5. The largest absolute Gasteiger partial charge is 0.355 e. The molecule has 0 atom stereocenters. The molecule has 2 aromatic rings. The molecule has 3 rings (SSSR count). The van der Waals surface area contributed by atoms with Crippen LogP contribution in [0.4, 0.5) is 0 Å².